The Morgan fingerprint density at radius 2 is 2.00 bits per heavy atom. The number of nitrogens with two attached hydrogens (primary N) is 1. The Morgan fingerprint density at radius 3 is 2.62 bits per heavy atom. The Bertz CT molecular complexity index is 711. The highest BCUT2D eigenvalue weighted by molar-refractivity contribution is 5.75. The molecule has 3 rings (SSSR count). The second kappa shape index (κ2) is 5.12. The third-order valence-corrected chi connectivity index (χ3v) is 4.02. The molecule has 0 saturated heterocycles. The minimum Gasteiger partial charge on any atom is -0.368 e. The van der Waals surface area contributed by atoms with Crippen LogP contribution in [0.1, 0.15) is 36.4 Å². The summed E-state index contributed by atoms with van der Waals surface area (Å²) in [5.74, 6) is 0.522. The molecule has 6 heteroatoms. The van der Waals surface area contributed by atoms with Gasteiger partial charge in [-0.1, -0.05) is 30.7 Å². The normalized spacial score (nSPS) is 14.7. The lowest BCUT2D eigenvalue weighted by molar-refractivity contribution is -0.385. The van der Waals surface area contributed by atoms with Gasteiger partial charge >= 0.3 is 5.69 Å². The fourth-order valence-electron chi connectivity index (χ4n) is 2.78. The van der Waals surface area contributed by atoms with Crippen LogP contribution in [0.15, 0.2) is 24.3 Å². The molecule has 108 valence electrons. The van der Waals surface area contributed by atoms with Crippen molar-refractivity contribution in [2.75, 3.05) is 5.73 Å². The van der Waals surface area contributed by atoms with Crippen LogP contribution in [0, 0.1) is 17.0 Å². The Labute approximate surface area is 122 Å². The molecule has 1 fully saturated rings. The molecule has 2 aromatic rings. The number of nitrogen functional groups attached to an aromatic ring is 1. The van der Waals surface area contributed by atoms with Gasteiger partial charge in [-0.15, -0.1) is 0 Å². The maximum absolute atomic E-state index is 11.4. The van der Waals surface area contributed by atoms with Crippen molar-refractivity contribution in [2.24, 2.45) is 0 Å². The first-order chi connectivity index (χ1) is 10.1. The van der Waals surface area contributed by atoms with E-state index in [4.69, 9.17) is 5.73 Å². The maximum atomic E-state index is 11.4. The smallest absolute Gasteiger partial charge is 0.316 e. The molecule has 0 amide bonds. The molecule has 1 aliphatic carbocycles. The average molecular weight is 284 g/mol. The first-order valence-electron chi connectivity index (χ1n) is 6.95. The summed E-state index contributed by atoms with van der Waals surface area (Å²) in [6.45, 7) is 1.59. The molecule has 0 unspecified atom stereocenters. The highest BCUT2D eigenvalue weighted by Crippen LogP contribution is 2.42. The molecule has 1 aromatic carbocycles. The summed E-state index contributed by atoms with van der Waals surface area (Å²) in [7, 11) is 0. The highest BCUT2D eigenvalue weighted by Gasteiger charge is 2.28. The molecule has 1 aromatic heterocycles. The van der Waals surface area contributed by atoms with Crippen LogP contribution in [0.3, 0.4) is 0 Å². The van der Waals surface area contributed by atoms with Crippen LogP contribution in [0.2, 0.25) is 0 Å². The van der Waals surface area contributed by atoms with Crippen molar-refractivity contribution in [2.45, 2.75) is 32.1 Å². The molecule has 2 N–H and O–H groups in total. The van der Waals surface area contributed by atoms with E-state index in [0.717, 1.165) is 24.0 Å². The summed E-state index contributed by atoms with van der Waals surface area (Å²) in [5, 5.41) is 11.4. The van der Waals surface area contributed by atoms with Gasteiger partial charge in [0.1, 0.15) is 5.69 Å². The van der Waals surface area contributed by atoms with Crippen LogP contribution >= 0.6 is 0 Å². The number of hydrogen-bond donors (Lipinski definition) is 1. The minimum atomic E-state index is -0.429. The van der Waals surface area contributed by atoms with Gasteiger partial charge in [0.2, 0.25) is 5.95 Å². The summed E-state index contributed by atoms with van der Waals surface area (Å²) in [6, 6.07) is 7.73. The van der Waals surface area contributed by atoms with Gasteiger partial charge in [0, 0.05) is 5.56 Å². The van der Waals surface area contributed by atoms with E-state index in [0.29, 0.717) is 17.3 Å². The molecule has 0 spiro atoms. The molecule has 0 bridgehead atoms. The lowest BCUT2D eigenvalue weighted by Crippen LogP contribution is -2.11. The number of nitro groups is 1. The van der Waals surface area contributed by atoms with E-state index in [-0.39, 0.29) is 11.6 Å². The summed E-state index contributed by atoms with van der Waals surface area (Å²) in [6.07, 6.45) is 3.43. The van der Waals surface area contributed by atoms with Crippen molar-refractivity contribution >= 4 is 11.6 Å². The summed E-state index contributed by atoms with van der Waals surface area (Å²) >= 11 is 0. The standard InChI is InChI=1S/C15H16N4O2/c1-9-14(19(20)21)13(18-15(16)17-9)12-8-3-2-7-11(12)10-5-4-6-10/h2-3,7-8,10H,4-6H2,1H3,(H2,16,17,18). The molecule has 1 heterocycles. The summed E-state index contributed by atoms with van der Waals surface area (Å²) < 4.78 is 0. The van der Waals surface area contributed by atoms with Crippen molar-refractivity contribution in [1.82, 2.24) is 9.97 Å². The Hall–Kier alpha value is -2.50. The van der Waals surface area contributed by atoms with Crippen molar-refractivity contribution in [3.8, 4) is 11.3 Å². The number of hydrogen-bond acceptors (Lipinski definition) is 5. The van der Waals surface area contributed by atoms with Gasteiger partial charge in [-0.25, -0.2) is 9.97 Å². The first kappa shape index (κ1) is 13.5. The van der Waals surface area contributed by atoms with E-state index < -0.39 is 4.92 Å². The molecule has 1 saturated carbocycles. The van der Waals surface area contributed by atoms with Gasteiger partial charge < -0.3 is 5.73 Å². The Kier molecular flexibility index (Phi) is 3.29. The van der Waals surface area contributed by atoms with E-state index >= 15 is 0 Å². The van der Waals surface area contributed by atoms with Gasteiger partial charge in [0.25, 0.3) is 0 Å². The molecule has 0 atom stereocenters. The van der Waals surface area contributed by atoms with Gasteiger partial charge in [-0.05, 0) is 31.2 Å². The summed E-state index contributed by atoms with van der Waals surface area (Å²) in [4.78, 5) is 19.0. The van der Waals surface area contributed by atoms with E-state index in [2.05, 4.69) is 9.97 Å². The van der Waals surface area contributed by atoms with E-state index in [9.17, 15) is 10.1 Å². The van der Waals surface area contributed by atoms with Crippen LogP contribution in [0.4, 0.5) is 11.6 Å². The van der Waals surface area contributed by atoms with Crippen molar-refractivity contribution in [1.29, 1.82) is 0 Å². The monoisotopic (exact) mass is 284 g/mol. The second-order valence-corrected chi connectivity index (χ2v) is 5.34. The molecule has 6 nitrogen and oxygen atoms in total. The van der Waals surface area contributed by atoms with Crippen molar-refractivity contribution in [3.05, 3.63) is 45.6 Å². The number of rotatable bonds is 3. The van der Waals surface area contributed by atoms with Crippen LogP contribution in [0.5, 0.6) is 0 Å². The second-order valence-electron chi connectivity index (χ2n) is 5.34. The predicted octanol–water partition coefficient (Wildman–Crippen LogP) is 3.21. The third kappa shape index (κ3) is 2.33. The lowest BCUT2D eigenvalue weighted by atomic mass is 9.77. The van der Waals surface area contributed by atoms with Crippen molar-refractivity contribution < 1.29 is 4.92 Å². The minimum absolute atomic E-state index is 0.0593. The number of benzene rings is 1. The largest absolute Gasteiger partial charge is 0.368 e. The SMILES string of the molecule is Cc1nc(N)nc(-c2ccccc2C2CCC2)c1[N+](=O)[O-]. The van der Waals surface area contributed by atoms with Crippen molar-refractivity contribution in [3.63, 3.8) is 0 Å². The van der Waals surface area contributed by atoms with E-state index in [1.54, 1.807) is 6.92 Å². The van der Waals surface area contributed by atoms with Crippen LogP contribution in [-0.4, -0.2) is 14.9 Å². The topological polar surface area (TPSA) is 94.9 Å². The fraction of sp³-hybridized carbons (Fsp3) is 0.333. The number of anilines is 1. The lowest BCUT2D eigenvalue weighted by Gasteiger charge is -2.27. The first-order valence-corrected chi connectivity index (χ1v) is 6.95. The highest BCUT2D eigenvalue weighted by atomic mass is 16.6. The van der Waals surface area contributed by atoms with Gasteiger partial charge in [-0.3, -0.25) is 10.1 Å². The Morgan fingerprint density at radius 1 is 1.29 bits per heavy atom. The molecule has 0 aliphatic heterocycles. The van der Waals surface area contributed by atoms with Crippen LogP contribution in [0.25, 0.3) is 11.3 Å². The van der Waals surface area contributed by atoms with Crippen LogP contribution < -0.4 is 5.73 Å². The van der Waals surface area contributed by atoms with E-state index in [1.807, 2.05) is 24.3 Å². The van der Waals surface area contributed by atoms with Crippen LogP contribution in [-0.2, 0) is 0 Å². The fourth-order valence-corrected chi connectivity index (χ4v) is 2.78. The molecule has 0 radical (unpaired) electrons. The zero-order valence-corrected chi connectivity index (χ0v) is 11.7. The summed E-state index contributed by atoms with van der Waals surface area (Å²) in [5.41, 5.74) is 8.17. The molecule has 1 aliphatic rings. The van der Waals surface area contributed by atoms with Gasteiger partial charge in [-0.2, -0.15) is 0 Å². The van der Waals surface area contributed by atoms with E-state index in [1.165, 1.54) is 6.42 Å². The Balaban J connectivity index is 2.23. The molecule has 21 heavy (non-hydrogen) atoms. The predicted molar refractivity (Wildman–Crippen MR) is 79.9 cm³/mol. The maximum Gasteiger partial charge on any atom is 0.316 e. The number of aryl methyl sites for hydroxylation is 1. The molecular weight excluding hydrogens is 268 g/mol. The van der Waals surface area contributed by atoms with Gasteiger partial charge in [0.05, 0.1) is 4.92 Å². The third-order valence-electron chi connectivity index (χ3n) is 4.02. The zero-order chi connectivity index (χ0) is 15.0. The quantitative estimate of drug-likeness (QED) is 0.689. The average Bonchev–Trinajstić information content (AvgIpc) is 2.35. The number of nitrogens with zero attached hydrogens (tertiary/aromatic N) is 3. The molecular formula is C15H16N4O2. The van der Waals surface area contributed by atoms with Gasteiger partial charge in [0.15, 0.2) is 5.69 Å². The zero-order valence-electron chi connectivity index (χ0n) is 11.7. The number of aromatic nitrogens is 2.